The lowest BCUT2D eigenvalue weighted by atomic mass is 10.00. The van der Waals surface area contributed by atoms with Gasteiger partial charge in [0.05, 0.1) is 17.3 Å². The number of likely N-dealkylation sites (tertiary alicyclic amines) is 1. The third kappa shape index (κ3) is 4.82. The number of carbonyl (C=O) groups excluding carboxylic acids is 1. The van der Waals surface area contributed by atoms with Crippen LogP contribution in [-0.2, 0) is 11.2 Å². The first-order chi connectivity index (χ1) is 18.9. The van der Waals surface area contributed by atoms with Gasteiger partial charge >= 0.3 is 6.01 Å². The molecule has 1 amide bonds. The van der Waals surface area contributed by atoms with Crippen molar-refractivity contribution in [3.63, 3.8) is 0 Å². The average Bonchev–Trinajstić information content (AvgIpc) is 3.59. The number of anilines is 1. The SMILES string of the molecule is C=C(F)C(=O)N1CCN(c2nc(OC[C@@H]3CCCN3C)nc3c2CC=C(c2c(C)ccc4[nH]ncc24)O3)CC1. The summed E-state index contributed by atoms with van der Waals surface area (Å²) in [7, 11) is 2.10. The Bertz CT molecular complexity index is 1460. The van der Waals surface area contributed by atoms with E-state index in [-0.39, 0.29) is 6.01 Å². The number of halogens is 1. The van der Waals surface area contributed by atoms with Crippen LogP contribution in [0.1, 0.15) is 29.5 Å². The Hall–Kier alpha value is -3.99. The molecule has 2 saturated heterocycles. The highest BCUT2D eigenvalue weighted by Gasteiger charge is 2.30. The smallest absolute Gasteiger partial charge is 0.321 e. The number of benzene rings is 1. The molecule has 0 radical (unpaired) electrons. The van der Waals surface area contributed by atoms with Gasteiger partial charge in [-0.1, -0.05) is 12.6 Å². The number of allylic oxidation sites excluding steroid dienone is 1. The number of aromatic nitrogens is 4. The van der Waals surface area contributed by atoms with E-state index in [1.807, 2.05) is 31.3 Å². The second-order valence-electron chi connectivity index (χ2n) is 10.3. The number of carbonyl (C=O) groups is 1. The maximum atomic E-state index is 13.4. The lowest BCUT2D eigenvalue weighted by Crippen LogP contribution is -2.49. The summed E-state index contributed by atoms with van der Waals surface area (Å²) in [5, 5.41) is 8.22. The number of likely N-dealkylation sites (N-methyl/N-ethyl adjacent to an activating group) is 1. The fourth-order valence-electron chi connectivity index (χ4n) is 5.62. The van der Waals surface area contributed by atoms with Crippen LogP contribution in [-0.4, -0.2) is 88.3 Å². The Morgan fingerprint density at radius 1 is 1.23 bits per heavy atom. The van der Waals surface area contributed by atoms with Crippen LogP contribution < -0.4 is 14.4 Å². The van der Waals surface area contributed by atoms with Crippen LogP contribution in [0.4, 0.5) is 10.2 Å². The van der Waals surface area contributed by atoms with Crippen molar-refractivity contribution in [1.82, 2.24) is 30.0 Å². The van der Waals surface area contributed by atoms with Gasteiger partial charge in [-0.3, -0.25) is 9.89 Å². The standard InChI is InChI=1S/C28H32FN7O3/c1-17-6-8-22-21(15-30-33-22)24(17)23-9-7-20-25(35-11-13-36(14-12-35)27(37)18(2)29)31-28(32-26(20)39-23)38-16-19-5-4-10-34(19)3/h6,8-9,15,19H,2,4-5,7,10-14,16H2,1,3H3,(H,30,33)/t19-/m0/s1. The number of rotatable bonds is 6. The van der Waals surface area contributed by atoms with Crippen LogP contribution in [0, 0.1) is 6.92 Å². The highest BCUT2D eigenvalue weighted by molar-refractivity contribution is 5.92. The molecule has 1 atom stereocenters. The summed E-state index contributed by atoms with van der Waals surface area (Å²) >= 11 is 0. The first-order valence-corrected chi connectivity index (χ1v) is 13.3. The van der Waals surface area contributed by atoms with Gasteiger partial charge in [0.1, 0.15) is 18.2 Å². The molecular formula is C28H32FN7O3. The lowest BCUT2D eigenvalue weighted by molar-refractivity contribution is -0.128. The number of nitrogens with zero attached hydrogens (tertiary/aromatic N) is 6. The number of aromatic amines is 1. The van der Waals surface area contributed by atoms with Crippen molar-refractivity contribution in [1.29, 1.82) is 0 Å². The molecule has 1 N–H and O–H groups in total. The number of amides is 1. The summed E-state index contributed by atoms with van der Waals surface area (Å²) in [6.07, 6.45) is 6.64. The summed E-state index contributed by atoms with van der Waals surface area (Å²) in [5.41, 5.74) is 3.84. The summed E-state index contributed by atoms with van der Waals surface area (Å²) in [5.74, 6) is 0.292. The molecule has 0 spiro atoms. The minimum atomic E-state index is -0.940. The van der Waals surface area contributed by atoms with Gasteiger partial charge in [0.2, 0.25) is 5.88 Å². The quantitative estimate of drug-likeness (QED) is 0.482. The van der Waals surface area contributed by atoms with E-state index in [1.165, 1.54) is 4.90 Å². The van der Waals surface area contributed by atoms with Crippen molar-refractivity contribution < 1.29 is 18.7 Å². The molecule has 0 bridgehead atoms. The molecule has 39 heavy (non-hydrogen) atoms. The molecule has 0 aliphatic carbocycles. The molecule has 3 aromatic rings. The summed E-state index contributed by atoms with van der Waals surface area (Å²) in [6, 6.07) is 4.63. The van der Waals surface area contributed by atoms with E-state index in [0.29, 0.717) is 51.1 Å². The van der Waals surface area contributed by atoms with Crippen LogP contribution in [0.2, 0.25) is 0 Å². The largest absolute Gasteiger partial charge is 0.462 e. The molecule has 2 fully saturated rings. The van der Waals surface area contributed by atoms with Crippen molar-refractivity contribution in [3.8, 4) is 11.9 Å². The number of H-pyrrole nitrogens is 1. The summed E-state index contributed by atoms with van der Waals surface area (Å²) < 4.78 is 26.0. The molecule has 0 unspecified atom stereocenters. The molecule has 3 aliphatic rings. The molecular weight excluding hydrogens is 501 g/mol. The normalized spacial score (nSPS) is 19.6. The molecule has 10 nitrogen and oxygen atoms in total. The van der Waals surface area contributed by atoms with Crippen LogP contribution in [0.25, 0.3) is 16.7 Å². The monoisotopic (exact) mass is 533 g/mol. The van der Waals surface area contributed by atoms with Gasteiger partial charge in [-0.15, -0.1) is 0 Å². The molecule has 1 aromatic carbocycles. The van der Waals surface area contributed by atoms with Crippen molar-refractivity contribution in [2.75, 3.05) is 51.3 Å². The number of hydrogen-bond acceptors (Lipinski definition) is 8. The third-order valence-corrected chi connectivity index (χ3v) is 7.88. The lowest BCUT2D eigenvalue weighted by Gasteiger charge is -2.36. The first-order valence-electron chi connectivity index (χ1n) is 13.3. The van der Waals surface area contributed by atoms with E-state index in [2.05, 4.69) is 33.6 Å². The number of ether oxygens (including phenoxy) is 2. The fraction of sp³-hybridized carbons (Fsp3) is 0.429. The molecule has 11 heteroatoms. The van der Waals surface area contributed by atoms with Gasteiger partial charge in [-0.05, 0) is 51.1 Å². The second-order valence-corrected chi connectivity index (χ2v) is 10.3. The van der Waals surface area contributed by atoms with Crippen LogP contribution >= 0.6 is 0 Å². The topological polar surface area (TPSA) is 99.7 Å². The van der Waals surface area contributed by atoms with Crippen LogP contribution in [0.5, 0.6) is 11.9 Å². The molecule has 204 valence electrons. The van der Waals surface area contributed by atoms with Gasteiger partial charge in [0.25, 0.3) is 5.91 Å². The zero-order valence-electron chi connectivity index (χ0n) is 22.2. The summed E-state index contributed by atoms with van der Waals surface area (Å²) in [4.78, 5) is 27.5. The van der Waals surface area contributed by atoms with Gasteiger partial charge < -0.3 is 24.2 Å². The van der Waals surface area contributed by atoms with Crippen molar-refractivity contribution in [2.45, 2.75) is 32.2 Å². The molecule has 3 aliphatic heterocycles. The van der Waals surface area contributed by atoms with E-state index in [0.717, 1.165) is 58.6 Å². The number of nitrogens with one attached hydrogen (secondary N) is 1. The van der Waals surface area contributed by atoms with E-state index >= 15 is 0 Å². The van der Waals surface area contributed by atoms with E-state index in [1.54, 1.807) is 0 Å². The van der Waals surface area contributed by atoms with Crippen LogP contribution in [0.15, 0.2) is 36.8 Å². The zero-order valence-corrected chi connectivity index (χ0v) is 22.2. The zero-order chi connectivity index (χ0) is 27.1. The summed E-state index contributed by atoms with van der Waals surface area (Å²) in [6.45, 7) is 8.47. The third-order valence-electron chi connectivity index (χ3n) is 7.88. The predicted molar refractivity (Wildman–Crippen MR) is 145 cm³/mol. The van der Waals surface area contributed by atoms with Gasteiger partial charge in [-0.2, -0.15) is 15.1 Å². The molecule has 2 aromatic heterocycles. The Morgan fingerprint density at radius 2 is 2.05 bits per heavy atom. The maximum absolute atomic E-state index is 13.4. The second kappa shape index (κ2) is 10.3. The highest BCUT2D eigenvalue weighted by Crippen LogP contribution is 2.38. The first kappa shape index (κ1) is 25.3. The average molecular weight is 534 g/mol. The Balaban J connectivity index is 1.31. The maximum Gasteiger partial charge on any atom is 0.321 e. The van der Waals surface area contributed by atoms with Crippen molar-refractivity contribution >= 4 is 28.4 Å². The van der Waals surface area contributed by atoms with Gasteiger partial charge in [0.15, 0.2) is 5.83 Å². The molecule has 6 rings (SSSR count). The van der Waals surface area contributed by atoms with Crippen molar-refractivity contribution in [2.24, 2.45) is 0 Å². The Morgan fingerprint density at radius 3 is 2.79 bits per heavy atom. The van der Waals surface area contributed by atoms with Crippen molar-refractivity contribution in [3.05, 3.63) is 53.5 Å². The van der Waals surface area contributed by atoms with E-state index in [9.17, 15) is 9.18 Å². The van der Waals surface area contributed by atoms with E-state index < -0.39 is 11.7 Å². The van der Waals surface area contributed by atoms with Gasteiger partial charge in [0, 0.05) is 49.6 Å². The number of aryl methyl sites for hydroxylation is 1. The number of fused-ring (bicyclic) bond motifs is 2. The Kier molecular flexibility index (Phi) is 6.68. The number of piperazine rings is 1. The fourth-order valence-corrected chi connectivity index (χ4v) is 5.62. The Labute approximate surface area is 226 Å². The highest BCUT2D eigenvalue weighted by atomic mass is 19.1. The van der Waals surface area contributed by atoms with Crippen LogP contribution in [0.3, 0.4) is 0 Å². The predicted octanol–water partition coefficient (Wildman–Crippen LogP) is 3.24. The van der Waals surface area contributed by atoms with E-state index in [4.69, 9.17) is 19.4 Å². The number of hydrogen-bond donors (Lipinski definition) is 1. The van der Waals surface area contributed by atoms with Gasteiger partial charge in [-0.25, -0.2) is 4.39 Å². The molecule has 0 saturated carbocycles. The minimum Gasteiger partial charge on any atom is -0.462 e. The molecule has 5 heterocycles. The minimum absolute atomic E-state index is 0.263.